The zero-order valence-electron chi connectivity index (χ0n) is 19.6. The van der Waals surface area contributed by atoms with Crippen molar-refractivity contribution in [1.82, 2.24) is 20.8 Å². The van der Waals surface area contributed by atoms with Crippen LogP contribution in [0.3, 0.4) is 0 Å². The number of amides is 2. The van der Waals surface area contributed by atoms with Gasteiger partial charge in [0.25, 0.3) is 5.89 Å². The van der Waals surface area contributed by atoms with E-state index in [-0.39, 0.29) is 39.8 Å². The van der Waals surface area contributed by atoms with Gasteiger partial charge in [-0.05, 0) is 17.8 Å². The summed E-state index contributed by atoms with van der Waals surface area (Å²) in [5.41, 5.74) is -3.97. The molecule has 2 saturated heterocycles. The predicted molar refractivity (Wildman–Crippen MR) is 131 cm³/mol. The third-order valence-electron chi connectivity index (χ3n) is 5.45. The van der Waals surface area contributed by atoms with Gasteiger partial charge in [-0.15, -0.1) is 11.3 Å². The Hall–Kier alpha value is -2.58. The standard InChI is InChI=1S/C19H18F4N6O2S2.C3H8/c20-9-6-24-5-4-10(9)26-11-3-1-2-8-13(11)32-15(14(8)33-19(21,22)23)16-28-17(31-29-16)12-7-25-18(30)27-12;1-3-2/h1-3,9-10,12,24,26H,4-7H2,(H2,25,27,30);3H2,1-2H3/p+1. The normalized spacial score (nSPS) is 22.1. The molecule has 2 aromatic heterocycles. The van der Waals surface area contributed by atoms with Crippen LogP contribution < -0.4 is 21.3 Å². The van der Waals surface area contributed by atoms with Crippen LogP contribution in [-0.4, -0.2) is 53.5 Å². The molecule has 5 N–H and O–H groups in total. The number of alkyl halides is 4. The van der Waals surface area contributed by atoms with Crippen molar-refractivity contribution in [3.05, 3.63) is 24.1 Å². The van der Waals surface area contributed by atoms with Crippen molar-refractivity contribution in [3.63, 3.8) is 0 Å². The highest BCUT2D eigenvalue weighted by molar-refractivity contribution is 8.00. The molecule has 5 rings (SSSR count). The van der Waals surface area contributed by atoms with Gasteiger partial charge >= 0.3 is 11.5 Å². The Morgan fingerprint density at radius 3 is 2.78 bits per heavy atom. The number of rotatable bonds is 5. The molecule has 3 atom stereocenters. The van der Waals surface area contributed by atoms with Gasteiger partial charge in [0.2, 0.25) is 5.82 Å². The Morgan fingerprint density at radius 1 is 1.33 bits per heavy atom. The summed E-state index contributed by atoms with van der Waals surface area (Å²) in [4.78, 5) is 15.8. The van der Waals surface area contributed by atoms with Gasteiger partial charge in [0.15, 0.2) is 6.17 Å². The summed E-state index contributed by atoms with van der Waals surface area (Å²) in [5, 5.41) is 14.5. The van der Waals surface area contributed by atoms with Gasteiger partial charge in [-0.2, -0.15) is 18.2 Å². The topological polar surface area (TPSA) is 109 Å². The summed E-state index contributed by atoms with van der Waals surface area (Å²) in [5.74, 6) is 0.0986. The third-order valence-corrected chi connectivity index (χ3v) is 7.68. The number of nitrogens with one attached hydrogen (secondary N) is 3. The number of halogens is 4. The van der Waals surface area contributed by atoms with Gasteiger partial charge in [-0.1, -0.05) is 37.6 Å². The van der Waals surface area contributed by atoms with E-state index in [1.54, 1.807) is 18.2 Å². The van der Waals surface area contributed by atoms with Crippen LogP contribution in [0, 0.1) is 0 Å². The van der Waals surface area contributed by atoms with Gasteiger partial charge in [0.05, 0.1) is 27.9 Å². The SMILES string of the molecule is CCC.O=C1NCC(c2nc(-c3sc4c(NC5CC[NH2+]CC5F)cccc4c3SC(F)(F)F)no2)N1. The van der Waals surface area contributed by atoms with E-state index in [0.717, 1.165) is 17.9 Å². The lowest BCUT2D eigenvalue weighted by Crippen LogP contribution is -2.89. The molecule has 2 aliphatic rings. The van der Waals surface area contributed by atoms with E-state index in [9.17, 15) is 22.4 Å². The van der Waals surface area contributed by atoms with Crippen LogP contribution in [0.5, 0.6) is 0 Å². The van der Waals surface area contributed by atoms with Crippen molar-refractivity contribution in [2.24, 2.45) is 0 Å². The largest absolute Gasteiger partial charge is 0.446 e. The highest BCUT2D eigenvalue weighted by atomic mass is 32.2. The number of carbonyl (C=O) groups is 1. The molecular weight excluding hydrogens is 520 g/mol. The second-order valence-electron chi connectivity index (χ2n) is 8.43. The number of nitrogens with two attached hydrogens (primary N) is 1. The summed E-state index contributed by atoms with van der Waals surface area (Å²) >= 11 is 0.844. The van der Waals surface area contributed by atoms with Crippen molar-refractivity contribution in [2.75, 3.05) is 25.0 Å². The number of piperidine rings is 1. The predicted octanol–water partition coefficient (Wildman–Crippen LogP) is 4.42. The highest BCUT2D eigenvalue weighted by Crippen LogP contribution is 2.50. The zero-order chi connectivity index (χ0) is 25.9. The molecule has 0 saturated carbocycles. The number of fused-ring (bicyclic) bond motifs is 1. The first-order valence-corrected chi connectivity index (χ1v) is 13.2. The maximum atomic E-state index is 14.4. The van der Waals surface area contributed by atoms with E-state index in [4.69, 9.17) is 4.52 Å². The number of aromatic nitrogens is 2. The van der Waals surface area contributed by atoms with Crippen LogP contribution in [0.15, 0.2) is 27.6 Å². The fraction of sp³-hybridized carbons (Fsp3) is 0.500. The second-order valence-corrected chi connectivity index (χ2v) is 10.5. The minimum absolute atomic E-state index is 0.000633. The van der Waals surface area contributed by atoms with Crippen LogP contribution in [0.25, 0.3) is 20.8 Å². The smallest absolute Gasteiger partial charge is 0.378 e. The quantitative estimate of drug-likeness (QED) is 0.278. The average molecular weight is 548 g/mol. The number of thioether (sulfide) groups is 1. The fourth-order valence-electron chi connectivity index (χ4n) is 3.93. The molecule has 3 unspecified atom stereocenters. The fourth-order valence-corrected chi connectivity index (χ4v) is 6.04. The summed E-state index contributed by atoms with van der Waals surface area (Å²) in [6, 6.07) is 3.60. The lowest BCUT2D eigenvalue weighted by atomic mass is 10.0. The highest BCUT2D eigenvalue weighted by Gasteiger charge is 2.35. The number of benzene rings is 1. The van der Waals surface area contributed by atoms with Crippen LogP contribution in [0.4, 0.5) is 28.0 Å². The Bertz CT molecular complexity index is 1200. The van der Waals surface area contributed by atoms with E-state index in [1.165, 1.54) is 6.42 Å². The second kappa shape index (κ2) is 11.2. The third kappa shape index (κ3) is 6.03. The van der Waals surface area contributed by atoms with E-state index in [1.807, 2.05) is 5.32 Å². The van der Waals surface area contributed by atoms with Crippen molar-refractivity contribution in [1.29, 1.82) is 0 Å². The van der Waals surface area contributed by atoms with Gasteiger partial charge in [-0.3, -0.25) is 0 Å². The van der Waals surface area contributed by atoms with Crippen molar-refractivity contribution < 1.29 is 32.2 Å². The summed E-state index contributed by atoms with van der Waals surface area (Å²) in [6.45, 7) is 5.60. The Labute approximate surface area is 213 Å². The van der Waals surface area contributed by atoms with Crippen LogP contribution >= 0.6 is 23.1 Å². The number of nitrogens with zero attached hydrogens (tertiary/aromatic N) is 2. The molecule has 1 aromatic carbocycles. The average Bonchev–Trinajstić information content (AvgIpc) is 3.54. The first-order valence-electron chi connectivity index (χ1n) is 11.6. The molecule has 0 spiro atoms. The molecular formula is C22H27F4N6O2S2+. The number of hydrogen-bond acceptors (Lipinski definition) is 7. The Kier molecular flexibility index (Phi) is 8.25. The number of thiophene rings is 1. The van der Waals surface area contributed by atoms with Gasteiger partial charge in [0, 0.05) is 23.2 Å². The number of urea groups is 1. The first-order chi connectivity index (χ1) is 17.2. The molecule has 2 aliphatic heterocycles. The van der Waals surface area contributed by atoms with Crippen LogP contribution in [0.2, 0.25) is 0 Å². The maximum Gasteiger partial charge on any atom is 0.446 e. The van der Waals surface area contributed by atoms with Gasteiger partial charge in [0.1, 0.15) is 12.6 Å². The molecule has 8 nitrogen and oxygen atoms in total. The van der Waals surface area contributed by atoms with Gasteiger partial charge < -0.3 is 25.8 Å². The molecule has 0 radical (unpaired) electrons. The molecule has 0 bridgehead atoms. The van der Waals surface area contributed by atoms with E-state index in [0.29, 0.717) is 28.7 Å². The van der Waals surface area contributed by atoms with Gasteiger partial charge in [-0.25, -0.2) is 9.18 Å². The minimum atomic E-state index is -4.54. The number of carbonyl (C=O) groups excluding carboxylic acids is 1. The first kappa shape index (κ1) is 26.5. The molecule has 2 fully saturated rings. The molecule has 2 amide bonds. The number of anilines is 1. The molecule has 36 heavy (non-hydrogen) atoms. The van der Waals surface area contributed by atoms with E-state index < -0.39 is 29.8 Å². The summed E-state index contributed by atoms with van der Waals surface area (Å²) < 4.78 is 60.5. The maximum absolute atomic E-state index is 14.4. The van der Waals surface area contributed by atoms with Crippen molar-refractivity contribution in [3.8, 4) is 10.7 Å². The zero-order valence-corrected chi connectivity index (χ0v) is 21.2. The lowest BCUT2D eigenvalue weighted by Gasteiger charge is -2.26. The lowest BCUT2D eigenvalue weighted by molar-refractivity contribution is -0.667. The number of hydrogen-bond donors (Lipinski definition) is 4. The minimum Gasteiger partial charge on any atom is -0.378 e. The van der Waals surface area contributed by atoms with E-state index >= 15 is 0 Å². The summed E-state index contributed by atoms with van der Waals surface area (Å²) in [6.07, 6.45) is 0.794. The van der Waals surface area contributed by atoms with Crippen LogP contribution in [0.1, 0.15) is 38.6 Å². The molecule has 0 aliphatic carbocycles. The molecule has 14 heteroatoms. The Morgan fingerprint density at radius 2 is 2.11 bits per heavy atom. The molecule has 196 valence electrons. The number of quaternary nitrogens is 1. The van der Waals surface area contributed by atoms with E-state index in [2.05, 4.69) is 39.9 Å². The molecule has 4 heterocycles. The van der Waals surface area contributed by atoms with Crippen LogP contribution in [-0.2, 0) is 0 Å². The van der Waals surface area contributed by atoms with Crippen molar-refractivity contribution in [2.45, 2.75) is 55.3 Å². The van der Waals surface area contributed by atoms with Crippen molar-refractivity contribution >= 4 is 44.9 Å². The molecule has 3 aromatic rings. The Balaban J connectivity index is 0.000000967. The summed E-state index contributed by atoms with van der Waals surface area (Å²) in [7, 11) is 0. The monoisotopic (exact) mass is 547 g/mol.